The molecular weight excluding hydrogens is 383 g/mol. The molecule has 3 aromatic heterocycles. The average Bonchev–Trinajstić information content (AvgIpc) is 3.30. The Morgan fingerprint density at radius 3 is 2.93 bits per heavy atom. The molecule has 2 N–H and O–H groups in total. The van der Waals surface area contributed by atoms with Crippen LogP contribution in [0.15, 0.2) is 53.2 Å². The lowest BCUT2D eigenvalue weighted by Gasteiger charge is -2.00. The summed E-state index contributed by atoms with van der Waals surface area (Å²) in [5, 5.41) is 16.3. The first-order valence-electron chi connectivity index (χ1n) is 8.17. The SMILES string of the molecule is OCc1ccsc1/C=N/Nc1ncnc2sc(Cc3ccccc3F)cc12. The standard InChI is InChI=1S/C19H15FN4OS2/c20-16-4-2-1-3-12(16)7-14-8-15-18(21-11-22-19(15)27-14)24-23-9-17-13(10-25)5-6-26-17/h1-6,8-9,11,25H,7,10H2,(H,21,22,24)/b23-9+. The number of nitrogens with zero attached hydrogens (tertiary/aromatic N) is 3. The summed E-state index contributed by atoms with van der Waals surface area (Å²) in [6, 6.07) is 10.6. The fourth-order valence-corrected chi connectivity index (χ4v) is 4.45. The number of aliphatic hydroxyl groups excluding tert-OH is 1. The smallest absolute Gasteiger partial charge is 0.158 e. The van der Waals surface area contributed by atoms with E-state index in [0.717, 1.165) is 25.5 Å². The van der Waals surface area contributed by atoms with Crippen LogP contribution in [0.1, 0.15) is 20.9 Å². The van der Waals surface area contributed by atoms with Crippen molar-refractivity contribution in [2.45, 2.75) is 13.0 Å². The van der Waals surface area contributed by atoms with Crippen molar-refractivity contribution in [2.24, 2.45) is 5.10 Å². The van der Waals surface area contributed by atoms with Crippen LogP contribution >= 0.6 is 22.7 Å². The Labute approximate surface area is 162 Å². The maximum absolute atomic E-state index is 13.9. The van der Waals surface area contributed by atoms with Gasteiger partial charge in [0.2, 0.25) is 0 Å². The highest BCUT2D eigenvalue weighted by Gasteiger charge is 2.10. The molecule has 0 spiro atoms. The lowest BCUT2D eigenvalue weighted by Crippen LogP contribution is -1.95. The normalized spacial score (nSPS) is 11.5. The lowest BCUT2D eigenvalue weighted by molar-refractivity contribution is 0.282. The highest BCUT2D eigenvalue weighted by atomic mass is 32.1. The number of hydrazone groups is 1. The van der Waals surface area contributed by atoms with Crippen LogP contribution in [0.25, 0.3) is 10.2 Å². The van der Waals surface area contributed by atoms with E-state index in [0.29, 0.717) is 17.8 Å². The fourth-order valence-electron chi connectivity index (χ4n) is 2.65. The zero-order chi connectivity index (χ0) is 18.6. The monoisotopic (exact) mass is 398 g/mol. The van der Waals surface area contributed by atoms with E-state index in [9.17, 15) is 9.50 Å². The zero-order valence-corrected chi connectivity index (χ0v) is 15.7. The molecule has 0 fully saturated rings. The van der Waals surface area contributed by atoms with Gasteiger partial charge in [-0.05, 0) is 34.7 Å². The second-order valence-electron chi connectivity index (χ2n) is 5.76. The van der Waals surface area contributed by atoms with Gasteiger partial charge in [0.05, 0.1) is 23.1 Å². The molecule has 0 saturated carbocycles. The van der Waals surface area contributed by atoms with E-state index in [1.807, 2.05) is 23.6 Å². The first kappa shape index (κ1) is 17.7. The highest BCUT2D eigenvalue weighted by molar-refractivity contribution is 7.18. The van der Waals surface area contributed by atoms with Crippen molar-refractivity contribution in [3.05, 3.63) is 74.8 Å². The van der Waals surface area contributed by atoms with E-state index in [1.54, 1.807) is 18.3 Å². The van der Waals surface area contributed by atoms with Gasteiger partial charge < -0.3 is 5.11 Å². The van der Waals surface area contributed by atoms with Gasteiger partial charge in [0.1, 0.15) is 17.0 Å². The number of benzene rings is 1. The van der Waals surface area contributed by atoms with Gasteiger partial charge in [0, 0.05) is 11.3 Å². The van der Waals surface area contributed by atoms with Crippen LogP contribution in [-0.2, 0) is 13.0 Å². The molecular formula is C19H15FN4OS2. The first-order chi connectivity index (χ1) is 13.2. The Morgan fingerprint density at radius 1 is 1.19 bits per heavy atom. The molecule has 4 rings (SSSR count). The molecule has 5 nitrogen and oxygen atoms in total. The van der Waals surface area contributed by atoms with Gasteiger partial charge in [-0.25, -0.2) is 14.4 Å². The predicted molar refractivity (Wildman–Crippen MR) is 108 cm³/mol. The lowest BCUT2D eigenvalue weighted by atomic mass is 10.1. The largest absolute Gasteiger partial charge is 0.392 e. The number of anilines is 1. The van der Waals surface area contributed by atoms with Gasteiger partial charge in [-0.15, -0.1) is 22.7 Å². The third-order valence-electron chi connectivity index (χ3n) is 4.01. The third-order valence-corrected chi connectivity index (χ3v) is 5.94. The van der Waals surface area contributed by atoms with Crippen LogP contribution in [-0.4, -0.2) is 21.3 Å². The zero-order valence-electron chi connectivity index (χ0n) is 14.1. The number of rotatable bonds is 6. The number of aromatic nitrogens is 2. The Kier molecular flexibility index (Phi) is 5.19. The predicted octanol–water partition coefficient (Wildman–Crippen LogP) is 4.42. The summed E-state index contributed by atoms with van der Waals surface area (Å²) >= 11 is 3.02. The number of nitrogens with one attached hydrogen (secondary N) is 1. The number of hydrogen-bond acceptors (Lipinski definition) is 7. The topological polar surface area (TPSA) is 70.4 Å². The minimum absolute atomic E-state index is 0.0213. The van der Waals surface area contributed by atoms with E-state index in [4.69, 9.17) is 0 Å². The molecule has 0 aliphatic heterocycles. The molecule has 0 unspecified atom stereocenters. The van der Waals surface area contributed by atoms with Crippen molar-refractivity contribution in [2.75, 3.05) is 5.43 Å². The molecule has 0 amide bonds. The van der Waals surface area contributed by atoms with Crippen LogP contribution in [0, 0.1) is 5.82 Å². The van der Waals surface area contributed by atoms with Crippen LogP contribution in [0.2, 0.25) is 0 Å². The summed E-state index contributed by atoms with van der Waals surface area (Å²) in [6.45, 7) is -0.0213. The van der Waals surface area contributed by atoms with Crippen molar-refractivity contribution >= 4 is 44.9 Å². The van der Waals surface area contributed by atoms with Gasteiger partial charge in [0.15, 0.2) is 5.82 Å². The maximum Gasteiger partial charge on any atom is 0.158 e. The third kappa shape index (κ3) is 3.87. The summed E-state index contributed by atoms with van der Waals surface area (Å²) in [5.41, 5.74) is 4.43. The average molecular weight is 398 g/mol. The molecule has 1 aromatic carbocycles. The van der Waals surface area contributed by atoms with Gasteiger partial charge in [-0.3, -0.25) is 5.43 Å². The van der Waals surface area contributed by atoms with Crippen molar-refractivity contribution in [3.8, 4) is 0 Å². The Morgan fingerprint density at radius 2 is 2.07 bits per heavy atom. The molecule has 0 aliphatic carbocycles. The van der Waals surface area contributed by atoms with Gasteiger partial charge >= 0.3 is 0 Å². The number of halogens is 1. The number of aliphatic hydroxyl groups is 1. The molecule has 27 heavy (non-hydrogen) atoms. The van der Waals surface area contributed by atoms with E-state index in [-0.39, 0.29) is 12.4 Å². The number of hydrogen-bond donors (Lipinski definition) is 2. The molecule has 0 saturated heterocycles. The molecule has 0 atom stereocenters. The van der Waals surface area contributed by atoms with Gasteiger partial charge in [-0.2, -0.15) is 5.10 Å². The van der Waals surface area contributed by atoms with Gasteiger partial charge in [0.25, 0.3) is 0 Å². The van der Waals surface area contributed by atoms with E-state index < -0.39 is 0 Å². The minimum Gasteiger partial charge on any atom is -0.392 e. The molecule has 0 radical (unpaired) electrons. The van der Waals surface area contributed by atoms with E-state index in [2.05, 4.69) is 20.5 Å². The summed E-state index contributed by atoms with van der Waals surface area (Å²) in [6.07, 6.45) is 3.65. The second-order valence-corrected chi connectivity index (χ2v) is 7.82. The molecule has 3 heterocycles. The van der Waals surface area contributed by atoms with Crippen molar-refractivity contribution < 1.29 is 9.50 Å². The van der Waals surface area contributed by atoms with Crippen molar-refractivity contribution in [3.63, 3.8) is 0 Å². The quantitative estimate of drug-likeness (QED) is 0.373. The van der Waals surface area contributed by atoms with Gasteiger partial charge in [-0.1, -0.05) is 18.2 Å². The summed E-state index contributed by atoms with van der Waals surface area (Å²) in [4.78, 5) is 11.3. The molecule has 136 valence electrons. The first-order valence-corrected chi connectivity index (χ1v) is 9.87. The molecule has 0 aliphatic rings. The highest BCUT2D eigenvalue weighted by Crippen LogP contribution is 2.30. The molecule has 8 heteroatoms. The van der Waals surface area contributed by atoms with E-state index >= 15 is 0 Å². The minimum atomic E-state index is -0.209. The van der Waals surface area contributed by atoms with Crippen LogP contribution in [0.5, 0.6) is 0 Å². The van der Waals surface area contributed by atoms with Crippen LogP contribution in [0.3, 0.4) is 0 Å². The Bertz CT molecular complexity index is 1110. The Hall–Kier alpha value is -2.68. The number of fused-ring (bicyclic) bond motifs is 1. The summed E-state index contributed by atoms with van der Waals surface area (Å²) < 4.78 is 13.9. The second kappa shape index (κ2) is 7.91. The van der Waals surface area contributed by atoms with E-state index in [1.165, 1.54) is 35.1 Å². The Balaban J connectivity index is 1.57. The fraction of sp³-hybridized carbons (Fsp3) is 0.105. The van der Waals surface area contributed by atoms with Crippen LogP contribution < -0.4 is 5.43 Å². The maximum atomic E-state index is 13.9. The van der Waals surface area contributed by atoms with Crippen molar-refractivity contribution in [1.29, 1.82) is 0 Å². The summed E-state index contributed by atoms with van der Waals surface area (Å²) in [5.74, 6) is 0.383. The molecule has 0 bridgehead atoms. The van der Waals surface area contributed by atoms with Crippen molar-refractivity contribution in [1.82, 2.24) is 9.97 Å². The summed E-state index contributed by atoms with van der Waals surface area (Å²) in [7, 11) is 0. The number of thiophene rings is 2. The molecule has 4 aromatic rings. The van der Waals surface area contributed by atoms with Crippen LogP contribution in [0.4, 0.5) is 10.2 Å².